The van der Waals surface area contributed by atoms with Crippen molar-refractivity contribution in [3.63, 3.8) is 0 Å². The molecule has 1 rings (SSSR count). The van der Waals surface area contributed by atoms with Crippen LogP contribution in [0, 0.1) is 11.3 Å². The predicted molar refractivity (Wildman–Crippen MR) is 63.9 cm³/mol. The van der Waals surface area contributed by atoms with Crippen LogP contribution in [-0.2, 0) is 11.0 Å². The van der Waals surface area contributed by atoms with E-state index in [9.17, 15) is 18.0 Å². The van der Waals surface area contributed by atoms with E-state index in [-0.39, 0.29) is 24.3 Å². The number of unbranched alkanes of at least 4 members (excludes halogenated alkanes) is 1. The second-order valence-corrected chi connectivity index (χ2v) is 3.98. The molecule has 0 amide bonds. The normalized spacial score (nSPS) is 10.9. The van der Waals surface area contributed by atoms with E-state index >= 15 is 0 Å². The number of aromatic nitrogens is 1. The number of aliphatic carboxylic acids is 1. The van der Waals surface area contributed by atoms with Crippen LogP contribution in [0.2, 0.25) is 0 Å². The van der Waals surface area contributed by atoms with Crippen molar-refractivity contribution >= 4 is 11.8 Å². The third-order valence-corrected chi connectivity index (χ3v) is 2.42. The van der Waals surface area contributed by atoms with Crippen LogP contribution in [-0.4, -0.2) is 22.6 Å². The van der Waals surface area contributed by atoms with Crippen LogP contribution in [0.15, 0.2) is 12.1 Å². The molecule has 8 heteroatoms. The maximum Gasteiger partial charge on any atom is 0.433 e. The highest BCUT2D eigenvalue weighted by Crippen LogP contribution is 2.29. The molecule has 0 aromatic carbocycles. The molecule has 0 aliphatic heterocycles. The van der Waals surface area contributed by atoms with Crippen LogP contribution < -0.4 is 5.32 Å². The van der Waals surface area contributed by atoms with E-state index in [0.717, 1.165) is 12.1 Å². The van der Waals surface area contributed by atoms with E-state index in [0.29, 0.717) is 12.8 Å². The smallest absolute Gasteiger partial charge is 0.433 e. The Hall–Kier alpha value is -2.30. The molecule has 0 unspecified atom stereocenters. The number of hydrogen-bond donors (Lipinski definition) is 2. The summed E-state index contributed by atoms with van der Waals surface area (Å²) in [5, 5.41) is 19.9. The molecule has 0 bridgehead atoms. The number of anilines is 1. The molecule has 0 aliphatic rings. The van der Waals surface area contributed by atoms with E-state index < -0.39 is 17.8 Å². The molecule has 0 atom stereocenters. The molecule has 1 aromatic rings. The monoisotopic (exact) mass is 287 g/mol. The fourth-order valence-corrected chi connectivity index (χ4v) is 1.45. The highest BCUT2D eigenvalue weighted by Gasteiger charge is 2.33. The Labute approximate surface area is 113 Å². The first-order valence-corrected chi connectivity index (χ1v) is 5.78. The summed E-state index contributed by atoms with van der Waals surface area (Å²) in [4.78, 5) is 13.7. The van der Waals surface area contributed by atoms with Gasteiger partial charge >= 0.3 is 12.1 Å². The topological polar surface area (TPSA) is 86.0 Å². The number of nitrogens with zero attached hydrogens (tertiary/aromatic N) is 2. The standard InChI is InChI=1S/C12H12F3N3O2/c13-12(14,15)9-5-4-8(7-16)11(18-9)17-6-2-1-3-10(19)20/h4-5H,1-3,6H2,(H,17,18)(H,19,20). The molecule has 1 heterocycles. The van der Waals surface area contributed by atoms with Crippen LogP contribution in [0.5, 0.6) is 0 Å². The van der Waals surface area contributed by atoms with E-state index in [2.05, 4.69) is 10.3 Å². The molecule has 5 nitrogen and oxygen atoms in total. The molecular weight excluding hydrogens is 275 g/mol. The minimum Gasteiger partial charge on any atom is -0.481 e. The first-order valence-electron chi connectivity index (χ1n) is 5.78. The quantitative estimate of drug-likeness (QED) is 0.785. The summed E-state index contributed by atoms with van der Waals surface area (Å²) in [5.74, 6) is -1.07. The molecule has 1 aromatic heterocycles. The van der Waals surface area contributed by atoms with Gasteiger partial charge in [-0.25, -0.2) is 4.98 Å². The molecule has 20 heavy (non-hydrogen) atoms. The summed E-state index contributed by atoms with van der Waals surface area (Å²) in [6.45, 7) is 0.246. The zero-order valence-electron chi connectivity index (χ0n) is 10.4. The molecule has 0 fully saturated rings. The zero-order chi connectivity index (χ0) is 15.2. The lowest BCUT2D eigenvalue weighted by molar-refractivity contribution is -0.141. The van der Waals surface area contributed by atoms with Gasteiger partial charge in [0.1, 0.15) is 17.6 Å². The Bertz CT molecular complexity index is 524. The summed E-state index contributed by atoms with van der Waals surface area (Å²) < 4.78 is 37.5. The Morgan fingerprint density at radius 2 is 2.10 bits per heavy atom. The van der Waals surface area contributed by atoms with Crippen molar-refractivity contribution in [1.82, 2.24) is 4.98 Å². The first-order chi connectivity index (χ1) is 9.34. The fourth-order valence-electron chi connectivity index (χ4n) is 1.45. The molecule has 2 N–H and O–H groups in total. The number of nitriles is 1. The van der Waals surface area contributed by atoms with Crippen molar-refractivity contribution in [3.8, 4) is 6.07 Å². The molecule has 0 saturated heterocycles. The summed E-state index contributed by atoms with van der Waals surface area (Å²) in [5.41, 5.74) is -1.07. The second-order valence-electron chi connectivity index (χ2n) is 3.98. The van der Waals surface area contributed by atoms with E-state index in [4.69, 9.17) is 10.4 Å². The maximum atomic E-state index is 12.5. The van der Waals surface area contributed by atoms with Crippen LogP contribution in [0.25, 0.3) is 0 Å². The molecule has 108 valence electrons. The first kappa shape index (κ1) is 15.8. The van der Waals surface area contributed by atoms with Gasteiger partial charge in [-0.05, 0) is 25.0 Å². The Balaban J connectivity index is 2.68. The summed E-state index contributed by atoms with van der Waals surface area (Å²) in [7, 11) is 0. The number of rotatable bonds is 6. The molecular formula is C12H12F3N3O2. The van der Waals surface area contributed by atoms with Crippen molar-refractivity contribution in [2.24, 2.45) is 0 Å². The molecule has 0 aliphatic carbocycles. The minimum absolute atomic E-state index is 0.0104. The average Bonchev–Trinajstić information content (AvgIpc) is 2.36. The largest absolute Gasteiger partial charge is 0.481 e. The number of carboxylic acid groups (broad SMARTS) is 1. The molecule has 0 radical (unpaired) electrons. The maximum absolute atomic E-state index is 12.5. The van der Waals surface area contributed by atoms with Gasteiger partial charge in [-0.1, -0.05) is 0 Å². The van der Waals surface area contributed by atoms with Gasteiger partial charge in [-0.3, -0.25) is 4.79 Å². The number of hydrogen-bond acceptors (Lipinski definition) is 4. The zero-order valence-corrected chi connectivity index (χ0v) is 10.4. The number of halogens is 3. The fraction of sp³-hybridized carbons (Fsp3) is 0.417. The van der Waals surface area contributed by atoms with Gasteiger partial charge in [-0.15, -0.1) is 0 Å². The van der Waals surface area contributed by atoms with Gasteiger partial charge in [0, 0.05) is 13.0 Å². The predicted octanol–water partition coefficient (Wildman–Crippen LogP) is 2.64. The third kappa shape index (κ3) is 4.76. The molecule has 0 saturated carbocycles. The highest BCUT2D eigenvalue weighted by atomic mass is 19.4. The van der Waals surface area contributed by atoms with Crippen molar-refractivity contribution < 1.29 is 23.1 Å². The van der Waals surface area contributed by atoms with E-state index in [1.54, 1.807) is 6.07 Å². The van der Waals surface area contributed by atoms with Crippen LogP contribution in [0.4, 0.5) is 19.0 Å². The van der Waals surface area contributed by atoms with Crippen LogP contribution in [0.3, 0.4) is 0 Å². The number of pyridine rings is 1. The van der Waals surface area contributed by atoms with Crippen molar-refractivity contribution in [2.45, 2.75) is 25.4 Å². The number of carboxylic acids is 1. The lowest BCUT2D eigenvalue weighted by Gasteiger charge is -2.10. The van der Waals surface area contributed by atoms with E-state index in [1.807, 2.05) is 0 Å². The lowest BCUT2D eigenvalue weighted by atomic mass is 10.2. The van der Waals surface area contributed by atoms with E-state index in [1.165, 1.54) is 0 Å². The summed E-state index contributed by atoms with van der Waals surface area (Å²) >= 11 is 0. The van der Waals surface area contributed by atoms with Crippen molar-refractivity contribution in [1.29, 1.82) is 5.26 Å². The second kappa shape index (κ2) is 6.75. The Morgan fingerprint density at radius 3 is 2.65 bits per heavy atom. The van der Waals surface area contributed by atoms with Crippen LogP contribution in [0.1, 0.15) is 30.5 Å². The minimum atomic E-state index is -4.58. The Morgan fingerprint density at radius 1 is 1.40 bits per heavy atom. The van der Waals surface area contributed by atoms with Crippen molar-refractivity contribution in [3.05, 3.63) is 23.4 Å². The van der Waals surface area contributed by atoms with Crippen LogP contribution >= 0.6 is 0 Å². The third-order valence-electron chi connectivity index (χ3n) is 2.42. The van der Waals surface area contributed by atoms with Gasteiger partial charge in [0.2, 0.25) is 0 Å². The molecule has 0 spiro atoms. The number of nitrogens with one attached hydrogen (secondary N) is 1. The van der Waals surface area contributed by atoms with Gasteiger partial charge in [0.25, 0.3) is 0 Å². The van der Waals surface area contributed by atoms with Gasteiger partial charge in [0.05, 0.1) is 5.56 Å². The summed E-state index contributed by atoms with van der Waals surface area (Å²) in [6.07, 6.45) is -3.74. The Kier molecular flexibility index (Phi) is 5.32. The summed E-state index contributed by atoms with van der Waals surface area (Å²) in [6, 6.07) is 3.54. The number of carbonyl (C=O) groups is 1. The van der Waals surface area contributed by atoms with Gasteiger partial charge in [-0.2, -0.15) is 18.4 Å². The number of alkyl halides is 3. The van der Waals surface area contributed by atoms with Gasteiger partial charge < -0.3 is 10.4 Å². The average molecular weight is 287 g/mol. The van der Waals surface area contributed by atoms with Crippen molar-refractivity contribution in [2.75, 3.05) is 11.9 Å². The SMILES string of the molecule is N#Cc1ccc(C(F)(F)F)nc1NCCCCC(=O)O. The lowest BCUT2D eigenvalue weighted by Crippen LogP contribution is -2.12. The van der Waals surface area contributed by atoms with Gasteiger partial charge in [0.15, 0.2) is 0 Å². The highest BCUT2D eigenvalue weighted by molar-refractivity contribution is 5.66.